The van der Waals surface area contributed by atoms with E-state index in [-0.39, 0.29) is 0 Å². The van der Waals surface area contributed by atoms with E-state index in [4.69, 9.17) is 0 Å². The number of rotatable bonds is 6. The third-order valence-corrected chi connectivity index (χ3v) is 14.7. The Morgan fingerprint density at radius 2 is 0.825 bits per heavy atom. The summed E-state index contributed by atoms with van der Waals surface area (Å²) in [6.07, 6.45) is 0. The van der Waals surface area contributed by atoms with Gasteiger partial charge in [0.25, 0.3) is 0 Å². The third kappa shape index (κ3) is 5.35. The molecule has 2 aliphatic rings. The van der Waals surface area contributed by atoms with Crippen LogP contribution in [-0.4, -0.2) is 0 Å². The molecule has 1 unspecified atom stereocenters. The molecule has 2 aliphatic carbocycles. The van der Waals surface area contributed by atoms with Gasteiger partial charge in [0, 0.05) is 42.7 Å². The SMILES string of the molecule is c1ccc(-c2ccc(N(c3ccc(-c4ccccc4)cc3)c3cccc4c3-c3c(ccc5c3sc3ccccc35)C43c4ccccc4-c4ccc(-c5ccccc5)cc43)cc2)cc1. The third-order valence-electron chi connectivity index (χ3n) is 13.5. The molecule has 0 N–H and O–H groups in total. The average Bonchev–Trinajstić information content (AvgIpc) is 4.00. The largest absolute Gasteiger partial charge is 0.310 e. The number of nitrogens with zero attached hydrogens (tertiary/aromatic N) is 1. The van der Waals surface area contributed by atoms with E-state index in [0.29, 0.717) is 0 Å². The van der Waals surface area contributed by atoms with E-state index >= 15 is 0 Å². The van der Waals surface area contributed by atoms with Gasteiger partial charge in [-0.15, -0.1) is 11.3 Å². The monoisotopic (exact) mass is 817 g/mol. The Morgan fingerprint density at radius 1 is 0.317 bits per heavy atom. The van der Waals surface area contributed by atoms with Crippen LogP contribution in [0.25, 0.3) is 75.8 Å². The summed E-state index contributed by atoms with van der Waals surface area (Å²) >= 11 is 1.93. The van der Waals surface area contributed by atoms with Crippen molar-refractivity contribution in [2.24, 2.45) is 0 Å². The van der Waals surface area contributed by atoms with Crippen LogP contribution in [0, 0.1) is 0 Å². The zero-order valence-electron chi connectivity index (χ0n) is 34.4. The molecule has 1 atom stereocenters. The van der Waals surface area contributed by atoms with E-state index in [1.54, 1.807) is 0 Å². The Morgan fingerprint density at radius 3 is 1.49 bits per heavy atom. The molecule has 11 aromatic rings. The van der Waals surface area contributed by atoms with Crippen LogP contribution in [0.5, 0.6) is 0 Å². The molecule has 10 aromatic carbocycles. The molecular formula is C61H39NS. The van der Waals surface area contributed by atoms with Gasteiger partial charge in [0.05, 0.1) is 11.1 Å². The van der Waals surface area contributed by atoms with Crippen LogP contribution in [0.1, 0.15) is 22.3 Å². The topological polar surface area (TPSA) is 3.24 Å². The second-order valence-corrected chi connectivity index (χ2v) is 17.8. The van der Waals surface area contributed by atoms with Crippen LogP contribution in [0.15, 0.2) is 237 Å². The number of fused-ring (bicyclic) bond motifs is 14. The van der Waals surface area contributed by atoms with Crippen molar-refractivity contribution in [3.8, 4) is 55.6 Å². The van der Waals surface area contributed by atoms with E-state index in [2.05, 4.69) is 241 Å². The van der Waals surface area contributed by atoms with Crippen molar-refractivity contribution in [3.63, 3.8) is 0 Å². The minimum Gasteiger partial charge on any atom is -0.310 e. The van der Waals surface area contributed by atoms with Gasteiger partial charge in [-0.3, -0.25) is 0 Å². The molecular weight excluding hydrogens is 779 g/mol. The summed E-state index contributed by atoms with van der Waals surface area (Å²) in [5.41, 5.74) is 20.7. The van der Waals surface area contributed by atoms with Crippen molar-refractivity contribution in [1.82, 2.24) is 0 Å². The van der Waals surface area contributed by atoms with E-state index in [1.807, 2.05) is 11.3 Å². The predicted molar refractivity (Wildman–Crippen MR) is 267 cm³/mol. The molecule has 1 nitrogen and oxygen atoms in total. The maximum absolute atomic E-state index is 2.50. The highest BCUT2D eigenvalue weighted by Gasteiger charge is 2.53. The van der Waals surface area contributed by atoms with Crippen LogP contribution in [0.4, 0.5) is 17.1 Å². The summed E-state index contributed by atoms with van der Waals surface area (Å²) < 4.78 is 2.65. The standard InChI is InChI=1S/C61H39NS/c1-4-15-40(16-5-1)43-27-32-46(33-28-43)62(47-34-29-44(30-35-47)41-17-6-2-7-18-41)56-25-14-24-53-58(56)59-54(38-37-51-50-22-11-13-26-57(50)63-60(51)59)61(53)52-23-12-10-21-48(52)49-36-31-45(39-55(49)61)42-19-8-3-9-20-42/h1-39H. The number of benzene rings is 10. The Kier molecular flexibility index (Phi) is 8.06. The van der Waals surface area contributed by atoms with Gasteiger partial charge in [-0.2, -0.15) is 0 Å². The molecule has 13 rings (SSSR count). The second kappa shape index (κ2) is 14.1. The summed E-state index contributed by atoms with van der Waals surface area (Å²) in [4.78, 5) is 2.50. The van der Waals surface area contributed by atoms with Crippen molar-refractivity contribution in [1.29, 1.82) is 0 Å². The van der Waals surface area contributed by atoms with E-state index in [0.717, 1.165) is 11.4 Å². The second-order valence-electron chi connectivity index (χ2n) is 16.7. The lowest BCUT2D eigenvalue weighted by molar-refractivity contribution is 0.795. The molecule has 0 saturated carbocycles. The lowest BCUT2D eigenvalue weighted by Crippen LogP contribution is -2.26. The Hall–Kier alpha value is -7.78. The average molecular weight is 818 g/mol. The lowest BCUT2D eigenvalue weighted by atomic mass is 9.70. The zero-order valence-corrected chi connectivity index (χ0v) is 35.2. The van der Waals surface area contributed by atoms with Gasteiger partial charge in [0.1, 0.15) is 0 Å². The molecule has 0 fully saturated rings. The molecule has 0 bridgehead atoms. The number of anilines is 3. The molecule has 1 aromatic heterocycles. The highest BCUT2D eigenvalue weighted by molar-refractivity contribution is 7.26. The van der Waals surface area contributed by atoms with Crippen LogP contribution >= 0.6 is 11.3 Å². The van der Waals surface area contributed by atoms with Crippen molar-refractivity contribution in [2.45, 2.75) is 5.41 Å². The zero-order chi connectivity index (χ0) is 41.5. The van der Waals surface area contributed by atoms with Gasteiger partial charge in [0.15, 0.2) is 0 Å². The number of hydrogen-bond donors (Lipinski definition) is 0. The fourth-order valence-corrected chi connectivity index (χ4v) is 12.0. The minimum atomic E-state index is -0.540. The lowest BCUT2D eigenvalue weighted by Gasteiger charge is -2.32. The molecule has 0 radical (unpaired) electrons. The normalized spacial score (nSPS) is 14.4. The van der Waals surface area contributed by atoms with Crippen LogP contribution < -0.4 is 4.90 Å². The maximum Gasteiger partial charge on any atom is 0.0727 e. The predicted octanol–water partition coefficient (Wildman–Crippen LogP) is 16.9. The van der Waals surface area contributed by atoms with Gasteiger partial charge < -0.3 is 4.90 Å². The van der Waals surface area contributed by atoms with E-state index in [1.165, 1.54) is 104 Å². The number of thiophene rings is 1. The molecule has 1 heterocycles. The quantitative estimate of drug-likeness (QED) is 0.162. The smallest absolute Gasteiger partial charge is 0.0727 e. The highest BCUT2D eigenvalue weighted by atomic mass is 32.1. The van der Waals surface area contributed by atoms with Gasteiger partial charge in [0.2, 0.25) is 0 Å². The van der Waals surface area contributed by atoms with E-state index in [9.17, 15) is 0 Å². The Labute approximate surface area is 371 Å². The minimum absolute atomic E-state index is 0.540. The van der Waals surface area contributed by atoms with Gasteiger partial charge in [-0.05, 0) is 109 Å². The van der Waals surface area contributed by atoms with Crippen molar-refractivity contribution < 1.29 is 0 Å². The number of hydrogen-bond acceptors (Lipinski definition) is 2. The molecule has 2 heteroatoms. The summed E-state index contributed by atoms with van der Waals surface area (Å²) in [7, 11) is 0. The van der Waals surface area contributed by atoms with Crippen LogP contribution in [0.2, 0.25) is 0 Å². The maximum atomic E-state index is 2.50. The first-order valence-electron chi connectivity index (χ1n) is 21.8. The summed E-state index contributed by atoms with van der Waals surface area (Å²) in [6.45, 7) is 0. The van der Waals surface area contributed by atoms with Gasteiger partial charge in [-0.25, -0.2) is 0 Å². The first kappa shape index (κ1) is 35.9. The Balaban J connectivity index is 1.12. The van der Waals surface area contributed by atoms with Crippen molar-refractivity contribution >= 4 is 48.6 Å². The van der Waals surface area contributed by atoms with E-state index < -0.39 is 5.41 Å². The van der Waals surface area contributed by atoms with Gasteiger partial charge in [-0.1, -0.05) is 194 Å². The van der Waals surface area contributed by atoms with Crippen LogP contribution in [-0.2, 0) is 5.41 Å². The molecule has 294 valence electrons. The molecule has 1 spiro atoms. The summed E-state index contributed by atoms with van der Waals surface area (Å²) in [5, 5.41) is 2.62. The first-order chi connectivity index (χ1) is 31.3. The van der Waals surface area contributed by atoms with Crippen LogP contribution in [0.3, 0.4) is 0 Å². The van der Waals surface area contributed by atoms with Crippen molar-refractivity contribution in [3.05, 3.63) is 259 Å². The van der Waals surface area contributed by atoms with Crippen molar-refractivity contribution in [2.75, 3.05) is 4.90 Å². The first-order valence-corrected chi connectivity index (χ1v) is 22.6. The summed E-state index contributed by atoms with van der Waals surface area (Å²) in [6, 6.07) is 87.7. The fourth-order valence-electron chi connectivity index (χ4n) is 10.8. The van der Waals surface area contributed by atoms with Gasteiger partial charge >= 0.3 is 0 Å². The molecule has 63 heavy (non-hydrogen) atoms. The molecule has 0 amide bonds. The molecule has 0 saturated heterocycles. The molecule has 0 aliphatic heterocycles. The highest BCUT2D eigenvalue weighted by Crippen LogP contribution is 2.66. The summed E-state index contributed by atoms with van der Waals surface area (Å²) in [5.74, 6) is 0. The fraction of sp³-hybridized carbons (Fsp3) is 0.0164. The Bertz CT molecular complexity index is 3450.